The first-order valence-electron chi connectivity index (χ1n) is 7.96. The average Bonchev–Trinajstić information content (AvgIpc) is 2.65. The van der Waals surface area contributed by atoms with Crippen LogP contribution < -0.4 is 5.32 Å². The van der Waals surface area contributed by atoms with Gasteiger partial charge in [-0.2, -0.15) is 5.10 Å². The number of hydrogen-bond donors (Lipinski definition) is 1. The zero-order chi connectivity index (χ0) is 15.8. The molecule has 1 aromatic heterocycles. The maximum atomic E-state index is 4.63. The molecule has 1 saturated heterocycles. The molecular weight excluding hydrogens is 328 g/mol. The largest absolute Gasteiger partial charge is 0.309 e. The van der Waals surface area contributed by atoms with Crippen LogP contribution >= 0.6 is 15.9 Å². The van der Waals surface area contributed by atoms with E-state index >= 15 is 0 Å². The summed E-state index contributed by atoms with van der Waals surface area (Å²) < 4.78 is 3.30. The Labute approximate surface area is 137 Å². The molecule has 0 bridgehead atoms. The summed E-state index contributed by atoms with van der Waals surface area (Å²) in [5.41, 5.74) is 2.56. The van der Waals surface area contributed by atoms with E-state index in [-0.39, 0.29) is 5.54 Å². The van der Waals surface area contributed by atoms with Gasteiger partial charge in [-0.25, -0.2) is 0 Å². The monoisotopic (exact) mass is 356 g/mol. The Balaban J connectivity index is 2.26. The number of aryl methyl sites for hydroxylation is 2. The van der Waals surface area contributed by atoms with Crippen molar-refractivity contribution in [2.24, 2.45) is 5.92 Å². The Hall–Kier alpha value is -0.390. The van der Waals surface area contributed by atoms with Crippen LogP contribution in [0.1, 0.15) is 46.0 Å². The summed E-state index contributed by atoms with van der Waals surface area (Å²) in [6, 6.07) is 0.574. The lowest BCUT2D eigenvalue weighted by Crippen LogP contribution is -2.62. The maximum Gasteiger partial charge on any atom is 0.0739 e. The first-order chi connectivity index (χ1) is 9.75. The highest BCUT2D eigenvalue weighted by atomic mass is 79.9. The molecule has 2 heterocycles. The third kappa shape index (κ3) is 3.69. The fourth-order valence-corrected chi connectivity index (χ4v) is 3.64. The number of halogens is 1. The normalized spacial score (nSPS) is 23.0. The SMILES string of the molecule is CCn1nc(C)c(Br)c1CN1CC(C)(C)NCC1C(C)C. The van der Waals surface area contributed by atoms with Gasteiger partial charge in [0.1, 0.15) is 0 Å². The quantitative estimate of drug-likeness (QED) is 0.899. The van der Waals surface area contributed by atoms with Crippen LogP contribution in [-0.4, -0.2) is 39.4 Å². The van der Waals surface area contributed by atoms with Crippen LogP contribution in [0.15, 0.2) is 4.47 Å². The van der Waals surface area contributed by atoms with Gasteiger partial charge in [0, 0.05) is 37.8 Å². The lowest BCUT2D eigenvalue weighted by molar-refractivity contribution is 0.0603. The van der Waals surface area contributed by atoms with Crippen molar-refractivity contribution in [2.45, 2.75) is 66.2 Å². The second-order valence-corrected chi connectivity index (χ2v) is 7.94. The van der Waals surface area contributed by atoms with E-state index in [4.69, 9.17) is 0 Å². The van der Waals surface area contributed by atoms with E-state index in [1.165, 1.54) is 10.2 Å². The molecule has 0 spiro atoms. The van der Waals surface area contributed by atoms with E-state index in [0.717, 1.165) is 31.9 Å². The van der Waals surface area contributed by atoms with Crippen molar-refractivity contribution < 1.29 is 0 Å². The van der Waals surface area contributed by atoms with Gasteiger partial charge in [-0.15, -0.1) is 0 Å². The molecule has 4 nitrogen and oxygen atoms in total. The number of piperazine rings is 1. The minimum Gasteiger partial charge on any atom is -0.309 e. The van der Waals surface area contributed by atoms with Gasteiger partial charge < -0.3 is 5.32 Å². The molecule has 1 atom stereocenters. The van der Waals surface area contributed by atoms with Gasteiger partial charge in [0.05, 0.1) is 15.9 Å². The Morgan fingerprint density at radius 2 is 2.10 bits per heavy atom. The van der Waals surface area contributed by atoms with Gasteiger partial charge in [0.15, 0.2) is 0 Å². The third-order valence-corrected chi connectivity index (χ3v) is 5.46. The molecule has 1 aliphatic rings. The van der Waals surface area contributed by atoms with Crippen LogP contribution in [-0.2, 0) is 13.1 Å². The topological polar surface area (TPSA) is 33.1 Å². The highest BCUT2D eigenvalue weighted by molar-refractivity contribution is 9.10. The van der Waals surface area contributed by atoms with Crippen LogP contribution in [0.5, 0.6) is 0 Å². The van der Waals surface area contributed by atoms with E-state index in [2.05, 4.69) is 77.5 Å². The molecule has 0 aliphatic carbocycles. The molecule has 1 aliphatic heterocycles. The van der Waals surface area contributed by atoms with Crippen molar-refractivity contribution in [1.29, 1.82) is 0 Å². The summed E-state index contributed by atoms with van der Waals surface area (Å²) >= 11 is 3.73. The van der Waals surface area contributed by atoms with Crippen LogP contribution in [0.4, 0.5) is 0 Å². The summed E-state index contributed by atoms with van der Waals surface area (Å²) in [6.07, 6.45) is 0. The molecule has 2 rings (SSSR count). The lowest BCUT2D eigenvalue weighted by atomic mass is 9.93. The molecule has 0 aromatic carbocycles. The second kappa shape index (κ2) is 6.39. The number of rotatable bonds is 4. The maximum absolute atomic E-state index is 4.63. The molecule has 0 amide bonds. The number of nitrogens with zero attached hydrogens (tertiary/aromatic N) is 3. The molecular formula is C16H29BrN4. The van der Waals surface area contributed by atoms with Crippen LogP contribution in [0.25, 0.3) is 0 Å². The van der Waals surface area contributed by atoms with Gasteiger partial charge in [0.2, 0.25) is 0 Å². The van der Waals surface area contributed by atoms with Crippen LogP contribution in [0.2, 0.25) is 0 Å². The minimum atomic E-state index is 0.171. The average molecular weight is 357 g/mol. The Bertz CT molecular complexity index is 493. The number of hydrogen-bond acceptors (Lipinski definition) is 3. The predicted molar refractivity (Wildman–Crippen MR) is 91.5 cm³/mol. The summed E-state index contributed by atoms with van der Waals surface area (Å²) in [5.74, 6) is 0.645. The molecule has 120 valence electrons. The van der Waals surface area contributed by atoms with E-state index in [9.17, 15) is 0 Å². The third-order valence-electron chi connectivity index (χ3n) is 4.43. The Kier molecular flexibility index (Phi) is 5.16. The molecule has 21 heavy (non-hydrogen) atoms. The Morgan fingerprint density at radius 3 is 2.67 bits per heavy atom. The van der Waals surface area contributed by atoms with Crippen molar-refractivity contribution in [3.63, 3.8) is 0 Å². The van der Waals surface area contributed by atoms with Gasteiger partial charge in [-0.05, 0) is 49.5 Å². The second-order valence-electron chi connectivity index (χ2n) is 7.14. The molecule has 0 radical (unpaired) electrons. The predicted octanol–water partition coefficient (Wildman–Crippen LogP) is 3.18. The van der Waals surface area contributed by atoms with Crippen molar-refractivity contribution in [3.8, 4) is 0 Å². The van der Waals surface area contributed by atoms with Crippen LogP contribution in [0.3, 0.4) is 0 Å². The van der Waals surface area contributed by atoms with Crippen LogP contribution in [0, 0.1) is 12.8 Å². The van der Waals surface area contributed by atoms with E-state index in [1.807, 2.05) is 0 Å². The van der Waals surface area contributed by atoms with Crippen molar-refractivity contribution in [1.82, 2.24) is 20.0 Å². The summed E-state index contributed by atoms with van der Waals surface area (Å²) in [6.45, 7) is 17.4. The summed E-state index contributed by atoms with van der Waals surface area (Å²) in [4.78, 5) is 2.62. The molecule has 0 saturated carbocycles. The van der Waals surface area contributed by atoms with E-state index in [0.29, 0.717) is 12.0 Å². The molecule has 1 N–H and O–H groups in total. The van der Waals surface area contributed by atoms with Crippen molar-refractivity contribution >= 4 is 15.9 Å². The highest BCUT2D eigenvalue weighted by Gasteiger charge is 2.34. The first-order valence-corrected chi connectivity index (χ1v) is 8.75. The zero-order valence-electron chi connectivity index (χ0n) is 14.2. The number of nitrogens with one attached hydrogen (secondary N) is 1. The van der Waals surface area contributed by atoms with Gasteiger partial charge in [-0.1, -0.05) is 13.8 Å². The lowest BCUT2D eigenvalue weighted by Gasteiger charge is -2.46. The standard InChI is InChI=1S/C16H29BrN4/c1-7-21-14(15(17)12(4)19-21)9-20-10-16(5,6)18-8-13(20)11(2)3/h11,13,18H,7-10H2,1-6H3. The van der Waals surface area contributed by atoms with E-state index in [1.54, 1.807) is 0 Å². The number of aromatic nitrogens is 2. The van der Waals surface area contributed by atoms with Crippen molar-refractivity contribution in [3.05, 3.63) is 15.9 Å². The molecule has 1 aromatic rings. The summed E-state index contributed by atoms with van der Waals surface area (Å²) in [7, 11) is 0. The minimum absolute atomic E-state index is 0.171. The summed E-state index contributed by atoms with van der Waals surface area (Å²) in [5, 5.41) is 8.31. The first kappa shape index (κ1) is 17.0. The van der Waals surface area contributed by atoms with Gasteiger partial charge >= 0.3 is 0 Å². The Morgan fingerprint density at radius 1 is 1.43 bits per heavy atom. The van der Waals surface area contributed by atoms with Crippen molar-refractivity contribution in [2.75, 3.05) is 13.1 Å². The van der Waals surface area contributed by atoms with E-state index < -0.39 is 0 Å². The molecule has 1 unspecified atom stereocenters. The fraction of sp³-hybridized carbons (Fsp3) is 0.812. The van der Waals surface area contributed by atoms with Gasteiger partial charge in [-0.3, -0.25) is 9.58 Å². The molecule has 1 fully saturated rings. The highest BCUT2D eigenvalue weighted by Crippen LogP contribution is 2.27. The van der Waals surface area contributed by atoms with Gasteiger partial charge in [0.25, 0.3) is 0 Å². The zero-order valence-corrected chi connectivity index (χ0v) is 15.8. The smallest absolute Gasteiger partial charge is 0.0739 e. The molecule has 5 heteroatoms. The fourth-order valence-electron chi connectivity index (χ4n) is 3.23.